The van der Waals surface area contributed by atoms with Crippen molar-refractivity contribution in [2.45, 2.75) is 45.4 Å². The van der Waals surface area contributed by atoms with E-state index in [-0.39, 0.29) is 0 Å². The molecule has 3 rings (SSSR count). The zero-order chi connectivity index (χ0) is 11.2. The van der Waals surface area contributed by atoms with E-state index in [1.54, 1.807) is 11.1 Å². The minimum Gasteiger partial charge on any atom is -0.330 e. The molecule has 1 unspecified atom stereocenters. The molecule has 0 aliphatic heterocycles. The molecule has 3 atom stereocenters. The van der Waals surface area contributed by atoms with Crippen molar-refractivity contribution in [2.75, 3.05) is 6.54 Å². The van der Waals surface area contributed by atoms with Gasteiger partial charge in [-0.3, -0.25) is 0 Å². The highest BCUT2D eigenvalue weighted by Crippen LogP contribution is 2.60. The molecule has 2 N–H and O–H groups in total. The van der Waals surface area contributed by atoms with Crippen LogP contribution >= 0.6 is 0 Å². The largest absolute Gasteiger partial charge is 0.330 e. The van der Waals surface area contributed by atoms with Crippen LogP contribution in [0.3, 0.4) is 0 Å². The second-order valence-electron chi connectivity index (χ2n) is 5.93. The van der Waals surface area contributed by atoms with Crippen molar-refractivity contribution in [3.05, 3.63) is 23.3 Å². The lowest BCUT2D eigenvalue weighted by atomic mass is 9.54. The fourth-order valence-corrected chi connectivity index (χ4v) is 4.15. The highest BCUT2D eigenvalue weighted by atomic mass is 14.7. The van der Waals surface area contributed by atoms with Crippen LogP contribution in [0.15, 0.2) is 23.3 Å². The molecule has 0 saturated heterocycles. The van der Waals surface area contributed by atoms with E-state index in [0.29, 0.717) is 5.41 Å². The third kappa shape index (κ3) is 1.34. The average molecular weight is 217 g/mol. The first kappa shape index (κ1) is 10.6. The second-order valence-corrected chi connectivity index (χ2v) is 5.93. The van der Waals surface area contributed by atoms with Gasteiger partial charge < -0.3 is 5.73 Å². The van der Waals surface area contributed by atoms with Gasteiger partial charge in [-0.15, -0.1) is 0 Å². The molecule has 88 valence electrons. The summed E-state index contributed by atoms with van der Waals surface area (Å²) in [5, 5.41) is 0. The summed E-state index contributed by atoms with van der Waals surface area (Å²) >= 11 is 0. The molecule has 0 amide bonds. The molecule has 0 aromatic heterocycles. The molecule has 0 aromatic rings. The summed E-state index contributed by atoms with van der Waals surface area (Å²) in [5.74, 6) is 1.74. The van der Waals surface area contributed by atoms with Gasteiger partial charge in [-0.25, -0.2) is 0 Å². The molecule has 0 bridgehead atoms. The topological polar surface area (TPSA) is 26.0 Å². The Hall–Kier alpha value is -0.560. The van der Waals surface area contributed by atoms with Gasteiger partial charge in [0, 0.05) is 0 Å². The Morgan fingerprint density at radius 3 is 2.94 bits per heavy atom. The summed E-state index contributed by atoms with van der Waals surface area (Å²) < 4.78 is 0. The Labute approximate surface area is 98.8 Å². The molecule has 16 heavy (non-hydrogen) atoms. The van der Waals surface area contributed by atoms with E-state index in [1.807, 2.05) is 0 Å². The first-order chi connectivity index (χ1) is 7.79. The maximum atomic E-state index is 5.99. The normalized spacial score (nSPS) is 41.4. The summed E-state index contributed by atoms with van der Waals surface area (Å²) in [6.07, 6.45) is 13.0. The number of allylic oxidation sites excluding steroid dienone is 4. The zero-order valence-electron chi connectivity index (χ0n) is 10.3. The van der Waals surface area contributed by atoms with Crippen molar-refractivity contribution in [1.82, 2.24) is 0 Å². The molecule has 0 aromatic carbocycles. The lowest BCUT2D eigenvalue weighted by Crippen LogP contribution is -2.49. The van der Waals surface area contributed by atoms with Crippen molar-refractivity contribution in [3.8, 4) is 0 Å². The minimum atomic E-state index is 0.464. The van der Waals surface area contributed by atoms with Gasteiger partial charge in [0.25, 0.3) is 0 Å². The number of hydrogen-bond acceptors (Lipinski definition) is 1. The number of rotatable bonds is 3. The van der Waals surface area contributed by atoms with Gasteiger partial charge >= 0.3 is 0 Å². The maximum absolute atomic E-state index is 5.99. The molecular weight excluding hydrogens is 194 g/mol. The van der Waals surface area contributed by atoms with Crippen LogP contribution in [-0.2, 0) is 0 Å². The van der Waals surface area contributed by atoms with Gasteiger partial charge in [-0.05, 0) is 73.5 Å². The maximum Gasteiger partial charge on any atom is -0.00148 e. The first-order valence-corrected chi connectivity index (χ1v) is 6.89. The molecule has 1 heteroatoms. The first-order valence-electron chi connectivity index (χ1n) is 6.89. The highest BCUT2D eigenvalue weighted by molar-refractivity contribution is 5.39. The Morgan fingerprint density at radius 2 is 2.31 bits per heavy atom. The summed E-state index contributed by atoms with van der Waals surface area (Å²) in [6.45, 7) is 3.19. The van der Waals surface area contributed by atoms with Crippen LogP contribution in [-0.4, -0.2) is 6.54 Å². The lowest BCUT2D eigenvalue weighted by Gasteiger charge is -2.51. The summed E-state index contributed by atoms with van der Waals surface area (Å²) in [6, 6.07) is 0. The Kier molecular flexibility index (Phi) is 2.47. The molecule has 0 spiro atoms. The van der Waals surface area contributed by atoms with Gasteiger partial charge in [0.05, 0.1) is 0 Å². The quantitative estimate of drug-likeness (QED) is 0.770. The summed E-state index contributed by atoms with van der Waals surface area (Å²) in [7, 11) is 0. The van der Waals surface area contributed by atoms with Crippen molar-refractivity contribution in [1.29, 1.82) is 0 Å². The third-order valence-electron chi connectivity index (χ3n) is 5.31. The minimum absolute atomic E-state index is 0.464. The van der Waals surface area contributed by atoms with Gasteiger partial charge in [-0.1, -0.05) is 19.1 Å². The van der Waals surface area contributed by atoms with E-state index >= 15 is 0 Å². The summed E-state index contributed by atoms with van der Waals surface area (Å²) in [4.78, 5) is 0. The van der Waals surface area contributed by atoms with Crippen molar-refractivity contribution >= 4 is 0 Å². The van der Waals surface area contributed by atoms with Crippen LogP contribution in [0, 0.1) is 17.3 Å². The van der Waals surface area contributed by atoms with Gasteiger partial charge in [0.15, 0.2) is 0 Å². The molecule has 0 heterocycles. The third-order valence-corrected chi connectivity index (χ3v) is 5.31. The van der Waals surface area contributed by atoms with Crippen LogP contribution in [0.1, 0.15) is 45.4 Å². The van der Waals surface area contributed by atoms with Crippen LogP contribution in [0.25, 0.3) is 0 Å². The van der Waals surface area contributed by atoms with Crippen LogP contribution < -0.4 is 5.73 Å². The number of nitrogens with two attached hydrogens (primary N) is 1. The predicted molar refractivity (Wildman–Crippen MR) is 68.0 cm³/mol. The van der Waals surface area contributed by atoms with Crippen molar-refractivity contribution in [2.24, 2.45) is 23.0 Å². The smallest absolute Gasteiger partial charge is 0.00148 e. The van der Waals surface area contributed by atoms with E-state index in [1.165, 1.54) is 38.5 Å². The molecule has 1 fully saturated rings. The SMILES string of the molecule is CC[C@@]1(CN)CC2CC(C3=CCCC3)=C[C@H]21. The molecule has 0 radical (unpaired) electrons. The number of hydrogen-bond donors (Lipinski definition) is 1. The lowest BCUT2D eigenvalue weighted by molar-refractivity contribution is 0.00524. The van der Waals surface area contributed by atoms with E-state index in [2.05, 4.69) is 19.1 Å². The molecule has 1 nitrogen and oxygen atoms in total. The van der Waals surface area contributed by atoms with E-state index < -0.39 is 0 Å². The average Bonchev–Trinajstić information content (AvgIpc) is 2.90. The van der Waals surface area contributed by atoms with Gasteiger partial charge in [-0.2, -0.15) is 0 Å². The Morgan fingerprint density at radius 1 is 1.44 bits per heavy atom. The summed E-state index contributed by atoms with van der Waals surface area (Å²) in [5.41, 5.74) is 9.79. The van der Waals surface area contributed by atoms with Crippen molar-refractivity contribution < 1.29 is 0 Å². The van der Waals surface area contributed by atoms with E-state index in [0.717, 1.165) is 18.4 Å². The second kappa shape index (κ2) is 3.73. The predicted octanol–water partition coefficient (Wildman–Crippen LogP) is 3.42. The van der Waals surface area contributed by atoms with Gasteiger partial charge in [0.1, 0.15) is 0 Å². The molecule has 3 aliphatic carbocycles. The number of fused-ring (bicyclic) bond motifs is 1. The molecule has 3 aliphatic rings. The van der Waals surface area contributed by atoms with E-state index in [9.17, 15) is 0 Å². The van der Waals surface area contributed by atoms with E-state index in [4.69, 9.17) is 5.73 Å². The Bertz CT molecular complexity index is 346. The molecular formula is C15H23N. The standard InChI is InChI=1S/C15H23N/c1-2-15(10-16)9-13-7-12(8-14(13)15)11-5-3-4-6-11/h5,8,13-14H,2-4,6-7,9-10,16H2,1H3/t13?,14-,15+/m1/s1. The van der Waals surface area contributed by atoms with Crippen LogP contribution in [0.5, 0.6) is 0 Å². The fourth-order valence-electron chi connectivity index (χ4n) is 4.15. The fraction of sp³-hybridized carbons (Fsp3) is 0.733. The highest BCUT2D eigenvalue weighted by Gasteiger charge is 2.53. The van der Waals surface area contributed by atoms with Crippen LogP contribution in [0.4, 0.5) is 0 Å². The zero-order valence-corrected chi connectivity index (χ0v) is 10.3. The molecule has 1 saturated carbocycles. The monoisotopic (exact) mass is 217 g/mol. The van der Waals surface area contributed by atoms with Gasteiger partial charge in [0.2, 0.25) is 0 Å². The van der Waals surface area contributed by atoms with Crippen molar-refractivity contribution in [3.63, 3.8) is 0 Å². The van der Waals surface area contributed by atoms with Crippen LogP contribution in [0.2, 0.25) is 0 Å². The Balaban J connectivity index is 1.79.